The van der Waals surface area contributed by atoms with E-state index in [1.807, 2.05) is 13.1 Å². The Kier molecular flexibility index (Phi) is 2.07. The Morgan fingerprint density at radius 2 is 2.38 bits per heavy atom. The molecule has 2 rings (SSSR count). The van der Waals surface area contributed by atoms with Crippen LogP contribution in [0.5, 0.6) is 0 Å². The lowest BCUT2D eigenvalue weighted by molar-refractivity contribution is 0.280. The standard InChI is InChI=1S/C7H8N4OS/c1-5-2-8-11(3-5)7-10-9-6(4-12)13-7/h2-3,12H,4H2,1H3. The van der Waals surface area contributed by atoms with E-state index >= 15 is 0 Å². The van der Waals surface area contributed by atoms with Gasteiger partial charge >= 0.3 is 0 Å². The van der Waals surface area contributed by atoms with Crippen molar-refractivity contribution in [3.63, 3.8) is 0 Å². The van der Waals surface area contributed by atoms with Gasteiger partial charge in [-0.1, -0.05) is 11.3 Å². The van der Waals surface area contributed by atoms with E-state index in [4.69, 9.17) is 5.11 Å². The molecule has 0 aliphatic heterocycles. The summed E-state index contributed by atoms with van der Waals surface area (Å²) in [5, 5.41) is 21.8. The number of aryl methyl sites for hydroxylation is 1. The molecular weight excluding hydrogens is 188 g/mol. The summed E-state index contributed by atoms with van der Waals surface area (Å²) in [6.07, 6.45) is 3.61. The molecule has 0 bridgehead atoms. The molecule has 0 aromatic carbocycles. The summed E-state index contributed by atoms with van der Waals surface area (Å²) >= 11 is 1.33. The molecule has 0 spiro atoms. The minimum absolute atomic E-state index is 0.0715. The summed E-state index contributed by atoms with van der Waals surface area (Å²) in [6, 6.07) is 0. The first-order chi connectivity index (χ1) is 6.29. The molecule has 2 aromatic heterocycles. The largest absolute Gasteiger partial charge is 0.389 e. The molecule has 2 heterocycles. The lowest BCUT2D eigenvalue weighted by atomic mass is 10.4. The van der Waals surface area contributed by atoms with Gasteiger partial charge < -0.3 is 5.11 Å². The molecule has 0 saturated carbocycles. The first-order valence-corrected chi connectivity index (χ1v) is 4.56. The third kappa shape index (κ3) is 1.58. The van der Waals surface area contributed by atoms with E-state index < -0.39 is 0 Å². The van der Waals surface area contributed by atoms with Crippen LogP contribution < -0.4 is 0 Å². The highest BCUT2D eigenvalue weighted by Crippen LogP contribution is 2.13. The van der Waals surface area contributed by atoms with Gasteiger partial charge in [0, 0.05) is 6.20 Å². The van der Waals surface area contributed by atoms with Gasteiger partial charge in [-0.3, -0.25) is 0 Å². The van der Waals surface area contributed by atoms with Crippen molar-refractivity contribution in [3.8, 4) is 5.13 Å². The second-order valence-electron chi connectivity index (χ2n) is 2.60. The molecule has 1 N–H and O–H groups in total. The zero-order valence-electron chi connectivity index (χ0n) is 7.01. The van der Waals surface area contributed by atoms with Crippen LogP contribution in [0.25, 0.3) is 5.13 Å². The predicted octanol–water partition coefficient (Wildman–Crippen LogP) is 0.525. The molecular formula is C7H8N4OS. The van der Waals surface area contributed by atoms with Crippen LogP contribution in [0.4, 0.5) is 0 Å². The van der Waals surface area contributed by atoms with E-state index in [1.165, 1.54) is 11.3 Å². The minimum Gasteiger partial charge on any atom is -0.389 e. The molecule has 0 atom stereocenters. The average molecular weight is 196 g/mol. The zero-order chi connectivity index (χ0) is 9.26. The van der Waals surface area contributed by atoms with Crippen LogP contribution >= 0.6 is 11.3 Å². The van der Waals surface area contributed by atoms with Crippen molar-refractivity contribution >= 4 is 11.3 Å². The van der Waals surface area contributed by atoms with Crippen molar-refractivity contribution in [2.45, 2.75) is 13.5 Å². The molecule has 6 heteroatoms. The fraction of sp³-hybridized carbons (Fsp3) is 0.286. The number of hydrogen-bond acceptors (Lipinski definition) is 5. The molecule has 2 aromatic rings. The molecule has 13 heavy (non-hydrogen) atoms. The highest BCUT2D eigenvalue weighted by atomic mass is 32.1. The van der Waals surface area contributed by atoms with Gasteiger partial charge in [-0.25, -0.2) is 4.68 Å². The summed E-state index contributed by atoms with van der Waals surface area (Å²) < 4.78 is 1.64. The maximum absolute atomic E-state index is 8.78. The van der Waals surface area contributed by atoms with E-state index in [0.29, 0.717) is 10.1 Å². The van der Waals surface area contributed by atoms with Gasteiger partial charge in [0.15, 0.2) is 0 Å². The van der Waals surface area contributed by atoms with Gasteiger partial charge in [0.25, 0.3) is 0 Å². The molecule has 0 amide bonds. The summed E-state index contributed by atoms with van der Waals surface area (Å²) in [6.45, 7) is 1.88. The molecule has 0 radical (unpaired) electrons. The number of hydrogen-bond donors (Lipinski definition) is 1. The summed E-state index contributed by atoms with van der Waals surface area (Å²) in [4.78, 5) is 0. The van der Waals surface area contributed by atoms with E-state index in [2.05, 4.69) is 15.3 Å². The highest BCUT2D eigenvalue weighted by Gasteiger charge is 2.05. The third-order valence-corrected chi connectivity index (χ3v) is 2.40. The number of aliphatic hydroxyl groups is 1. The molecule has 0 unspecified atom stereocenters. The lowest BCUT2D eigenvalue weighted by Gasteiger charge is -1.89. The quantitative estimate of drug-likeness (QED) is 0.760. The smallest absolute Gasteiger partial charge is 0.232 e. The summed E-state index contributed by atoms with van der Waals surface area (Å²) in [7, 11) is 0. The van der Waals surface area contributed by atoms with Crippen LogP contribution in [0.3, 0.4) is 0 Å². The lowest BCUT2D eigenvalue weighted by Crippen LogP contribution is -1.92. The highest BCUT2D eigenvalue weighted by molar-refractivity contribution is 7.13. The van der Waals surface area contributed by atoms with Crippen LogP contribution in [-0.2, 0) is 6.61 Å². The molecule has 0 saturated heterocycles. The Morgan fingerprint density at radius 3 is 2.92 bits per heavy atom. The Morgan fingerprint density at radius 1 is 1.54 bits per heavy atom. The Bertz CT molecular complexity index is 408. The fourth-order valence-electron chi connectivity index (χ4n) is 0.919. The van der Waals surface area contributed by atoms with Crippen LogP contribution in [0.1, 0.15) is 10.6 Å². The molecule has 0 aliphatic rings. The Hall–Kier alpha value is -1.27. The number of rotatable bonds is 2. The summed E-state index contributed by atoms with van der Waals surface area (Å²) in [5.74, 6) is 0. The van der Waals surface area contributed by atoms with E-state index in [0.717, 1.165) is 5.56 Å². The van der Waals surface area contributed by atoms with Crippen LogP contribution in [0.2, 0.25) is 0 Å². The van der Waals surface area contributed by atoms with Crippen molar-refractivity contribution in [1.29, 1.82) is 0 Å². The third-order valence-electron chi connectivity index (χ3n) is 1.50. The van der Waals surface area contributed by atoms with Crippen molar-refractivity contribution in [2.24, 2.45) is 0 Å². The van der Waals surface area contributed by atoms with Crippen LogP contribution in [0.15, 0.2) is 12.4 Å². The Balaban J connectivity index is 2.35. The monoisotopic (exact) mass is 196 g/mol. The van der Waals surface area contributed by atoms with Crippen molar-refractivity contribution < 1.29 is 5.11 Å². The SMILES string of the molecule is Cc1cnn(-c2nnc(CO)s2)c1. The second kappa shape index (κ2) is 3.23. The topological polar surface area (TPSA) is 63.8 Å². The maximum atomic E-state index is 8.78. The van der Waals surface area contributed by atoms with Gasteiger partial charge in [-0.05, 0) is 12.5 Å². The van der Waals surface area contributed by atoms with Crippen molar-refractivity contribution in [3.05, 3.63) is 23.0 Å². The summed E-state index contributed by atoms with van der Waals surface area (Å²) in [5.41, 5.74) is 1.07. The predicted molar refractivity (Wildman–Crippen MR) is 47.7 cm³/mol. The fourth-order valence-corrected chi connectivity index (χ4v) is 1.55. The molecule has 68 valence electrons. The van der Waals surface area contributed by atoms with Gasteiger partial charge in [0.05, 0.1) is 12.8 Å². The zero-order valence-corrected chi connectivity index (χ0v) is 7.82. The number of nitrogens with zero attached hydrogens (tertiary/aromatic N) is 4. The van der Waals surface area contributed by atoms with Gasteiger partial charge in [-0.15, -0.1) is 10.2 Å². The maximum Gasteiger partial charge on any atom is 0.232 e. The van der Waals surface area contributed by atoms with E-state index in [9.17, 15) is 0 Å². The van der Waals surface area contributed by atoms with Crippen LogP contribution in [0, 0.1) is 6.92 Å². The van der Waals surface area contributed by atoms with Gasteiger partial charge in [-0.2, -0.15) is 5.10 Å². The van der Waals surface area contributed by atoms with Crippen molar-refractivity contribution in [2.75, 3.05) is 0 Å². The van der Waals surface area contributed by atoms with E-state index in [1.54, 1.807) is 10.9 Å². The number of aromatic nitrogens is 4. The Labute approximate surface area is 78.7 Å². The first-order valence-electron chi connectivity index (χ1n) is 3.74. The first kappa shape index (κ1) is 8.33. The van der Waals surface area contributed by atoms with Gasteiger partial charge in [0.1, 0.15) is 5.01 Å². The minimum atomic E-state index is -0.0715. The molecule has 5 nitrogen and oxygen atoms in total. The van der Waals surface area contributed by atoms with Crippen LogP contribution in [-0.4, -0.2) is 25.1 Å². The molecule has 0 aliphatic carbocycles. The van der Waals surface area contributed by atoms with Crippen molar-refractivity contribution in [1.82, 2.24) is 20.0 Å². The number of aliphatic hydroxyl groups excluding tert-OH is 1. The normalized spacial score (nSPS) is 10.6. The van der Waals surface area contributed by atoms with E-state index in [-0.39, 0.29) is 6.61 Å². The molecule has 0 fully saturated rings. The van der Waals surface area contributed by atoms with Gasteiger partial charge in [0.2, 0.25) is 5.13 Å². The second-order valence-corrected chi connectivity index (χ2v) is 3.64. The average Bonchev–Trinajstić information content (AvgIpc) is 2.71.